The number of likely N-dealkylation sites (tertiary alicyclic amines) is 1. The van der Waals surface area contributed by atoms with E-state index in [9.17, 15) is 0 Å². The zero-order valence-corrected chi connectivity index (χ0v) is 12.7. The molecule has 0 spiro atoms. The van der Waals surface area contributed by atoms with E-state index in [0.717, 1.165) is 24.3 Å². The highest BCUT2D eigenvalue weighted by Crippen LogP contribution is 2.21. The predicted octanol–water partition coefficient (Wildman–Crippen LogP) is 2.89. The van der Waals surface area contributed by atoms with Gasteiger partial charge in [0.15, 0.2) is 0 Å². The van der Waals surface area contributed by atoms with Gasteiger partial charge in [-0.1, -0.05) is 12.1 Å². The number of aryl methyl sites for hydroxylation is 1. The third kappa shape index (κ3) is 3.11. The number of nitrogens with zero attached hydrogens (tertiary/aromatic N) is 2. The van der Waals surface area contributed by atoms with Crippen molar-refractivity contribution < 1.29 is 0 Å². The molecule has 3 nitrogen and oxygen atoms in total. The van der Waals surface area contributed by atoms with Crippen LogP contribution in [-0.2, 0) is 6.54 Å². The molecule has 1 unspecified atom stereocenters. The molecule has 0 bridgehead atoms. The Balaban J connectivity index is 0.00000147. The second-order valence-electron chi connectivity index (χ2n) is 5.48. The lowest BCUT2D eigenvalue weighted by molar-refractivity contribution is 0.250. The maximum Gasteiger partial charge on any atom is 0.0705 e. The number of halogens is 1. The van der Waals surface area contributed by atoms with Crippen LogP contribution in [0.15, 0.2) is 30.3 Å². The van der Waals surface area contributed by atoms with Crippen molar-refractivity contribution in [2.75, 3.05) is 13.1 Å². The van der Waals surface area contributed by atoms with E-state index in [1.54, 1.807) is 0 Å². The average Bonchev–Trinajstić information content (AvgIpc) is 2.86. The quantitative estimate of drug-likeness (QED) is 0.945. The molecule has 0 amide bonds. The Hall–Kier alpha value is -1.16. The molecule has 0 saturated carbocycles. The van der Waals surface area contributed by atoms with E-state index in [4.69, 9.17) is 5.73 Å². The van der Waals surface area contributed by atoms with E-state index in [0.29, 0.717) is 6.04 Å². The van der Waals surface area contributed by atoms with Gasteiger partial charge in [-0.05, 0) is 50.1 Å². The van der Waals surface area contributed by atoms with Crippen molar-refractivity contribution >= 4 is 23.3 Å². The fourth-order valence-corrected chi connectivity index (χ4v) is 2.98. The number of nitrogens with two attached hydrogens (primary N) is 1. The number of fused-ring (bicyclic) bond motifs is 1. The summed E-state index contributed by atoms with van der Waals surface area (Å²) in [6.07, 6.45) is 2.51. The molecule has 1 saturated heterocycles. The van der Waals surface area contributed by atoms with Gasteiger partial charge in [-0.15, -0.1) is 12.4 Å². The van der Waals surface area contributed by atoms with Gasteiger partial charge in [-0.25, -0.2) is 0 Å². The molecule has 0 aliphatic carbocycles. The molecule has 2 N–H and O–H groups in total. The molecule has 1 fully saturated rings. The Labute approximate surface area is 126 Å². The van der Waals surface area contributed by atoms with Crippen molar-refractivity contribution in [1.29, 1.82) is 0 Å². The van der Waals surface area contributed by atoms with Crippen molar-refractivity contribution in [3.05, 3.63) is 41.6 Å². The van der Waals surface area contributed by atoms with E-state index >= 15 is 0 Å². The maximum atomic E-state index is 5.83. The summed E-state index contributed by atoms with van der Waals surface area (Å²) >= 11 is 0. The highest BCUT2D eigenvalue weighted by Gasteiger charge is 2.22. The molecule has 1 aliphatic rings. The number of pyridine rings is 1. The summed E-state index contributed by atoms with van der Waals surface area (Å²) in [6.45, 7) is 4.98. The number of hydrogen-bond acceptors (Lipinski definition) is 3. The fourth-order valence-electron chi connectivity index (χ4n) is 2.98. The van der Waals surface area contributed by atoms with Crippen LogP contribution in [0.2, 0.25) is 0 Å². The molecular formula is C16H22ClN3. The first kappa shape index (κ1) is 15.2. The summed E-state index contributed by atoms with van der Waals surface area (Å²) in [5.41, 5.74) is 9.35. The maximum absolute atomic E-state index is 5.83. The molecule has 2 aromatic rings. The van der Waals surface area contributed by atoms with Crippen LogP contribution >= 0.6 is 12.4 Å². The number of aromatic nitrogens is 1. The molecule has 3 rings (SSSR count). The van der Waals surface area contributed by atoms with Crippen LogP contribution in [-0.4, -0.2) is 29.0 Å². The van der Waals surface area contributed by atoms with Gasteiger partial charge in [0.25, 0.3) is 0 Å². The number of benzene rings is 1. The van der Waals surface area contributed by atoms with Gasteiger partial charge in [0.05, 0.1) is 5.52 Å². The van der Waals surface area contributed by atoms with E-state index in [-0.39, 0.29) is 12.4 Å². The molecule has 1 atom stereocenters. The SMILES string of the molecule is Cc1ccc2cc(CN3CCCC3CN)ccc2n1.Cl. The summed E-state index contributed by atoms with van der Waals surface area (Å²) in [7, 11) is 0. The van der Waals surface area contributed by atoms with Crippen molar-refractivity contribution in [2.24, 2.45) is 5.73 Å². The lowest BCUT2D eigenvalue weighted by Crippen LogP contribution is -2.34. The van der Waals surface area contributed by atoms with E-state index in [1.807, 2.05) is 6.92 Å². The molecule has 2 heterocycles. The fraction of sp³-hybridized carbons (Fsp3) is 0.438. The van der Waals surface area contributed by atoms with Crippen LogP contribution in [0.5, 0.6) is 0 Å². The number of rotatable bonds is 3. The minimum absolute atomic E-state index is 0. The Morgan fingerprint density at radius 3 is 2.95 bits per heavy atom. The summed E-state index contributed by atoms with van der Waals surface area (Å²) in [4.78, 5) is 7.05. The van der Waals surface area contributed by atoms with Crippen molar-refractivity contribution in [1.82, 2.24) is 9.88 Å². The standard InChI is InChI=1S/C16H21N3.ClH/c1-12-4-6-14-9-13(5-7-16(14)18-12)11-19-8-2-3-15(19)10-17;/h4-7,9,15H,2-3,8,10-11,17H2,1H3;1H. The second-order valence-corrected chi connectivity index (χ2v) is 5.48. The normalized spacial score (nSPS) is 19.2. The van der Waals surface area contributed by atoms with Crippen LogP contribution in [0.1, 0.15) is 24.1 Å². The monoisotopic (exact) mass is 291 g/mol. The molecule has 1 aromatic heterocycles. The highest BCUT2D eigenvalue weighted by molar-refractivity contribution is 5.85. The zero-order chi connectivity index (χ0) is 13.2. The topological polar surface area (TPSA) is 42.1 Å². The molecule has 0 radical (unpaired) electrons. The zero-order valence-electron chi connectivity index (χ0n) is 11.9. The largest absolute Gasteiger partial charge is 0.329 e. The molecule has 108 valence electrons. The van der Waals surface area contributed by atoms with Gasteiger partial charge in [0, 0.05) is 30.2 Å². The second kappa shape index (κ2) is 6.53. The van der Waals surface area contributed by atoms with Crippen molar-refractivity contribution in [2.45, 2.75) is 32.4 Å². The van der Waals surface area contributed by atoms with Crippen LogP contribution < -0.4 is 5.73 Å². The van der Waals surface area contributed by atoms with Crippen LogP contribution in [0.4, 0.5) is 0 Å². The first-order valence-electron chi connectivity index (χ1n) is 7.06. The van der Waals surface area contributed by atoms with E-state index in [2.05, 4.69) is 40.2 Å². The molecule has 20 heavy (non-hydrogen) atoms. The number of hydrogen-bond donors (Lipinski definition) is 1. The predicted molar refractivity (Wildman–Crippen MR) is 86.2 cm³/mol. The van der Waals surface area contributed by atoms with Crippen LogP contribution in [0, 0.1) is 6.92 Å². The van der Waals surface area contributed by atoms with Crippen LogP contribution in [0.3, 0.4) is 0 Å². The van der Waals surface area contributed by atoms with Gasteiger partial charge in [-0.2, -0.15) is 0 Å². The summed E-state index contributed by atoms with van der Waals surface area (Å²) in [5.74, 6) is 0. The first-order valence-corrected chi connectivity index (χ1v) is 7.06. The molecular weight excluding hydrogens is 270 g/mol. The first-order chi connectivity index (χ1) is 9.26. The molecule has 1 aliphatic heterocycles. The highest BCUT2D eigenvalue weighted by atomic mass is 35.5. The summed E-state index contributed by atoms with van der Waals surface area (Å²) in [5, 5.41) is 1.23. The average molecular weight is 292 g/mol. The minimum atomic E-state index is 0. The summed E-state index contributed by atoms with van der Waals surface area (Å²) in [6, 6.07) is 11.4. The minimum Gasteiger partial charge on any atom is -0.329 e. The Bertz CT molecular complexity index is 585. The lowest BCUT2D eigenvalue weighted by Gasteiger charge is -2.23. The van der Waals surface area contributed by atoms with Gasteiger partial charge < -0.3 is 5.73 Å². The van der Waals surface area contributed by atoms with Crippen LogP contribution in [0.25, 0.3) is 10.9 Å². The Kier molecular flexibility index (Phi) is 4.97. The van der Waals surface area contributed by atoms with Gasteiger partial charge in [0.2, 0.25) is 0 Å². The Morgan fingerprint density at radius 1 is 1.30 bits per heavy atom. The summed E-state index contributed by atoms with van der Waals surface area (Å²) < 4.78 is 0. The van der Waals surface area contributed by atoms with Crippen molar-refractivity contribution in [3.63, 3.8) is 0 Å². The van der Waals surface area contributed by atoms with Gasteiger partial charge in [0.1, 0.15) is 0 Å². The smallest absolute Gasteiger partial charge is 0.0705 e. The Morgan fingerprint density at radius 2 is 2.15 bits per heavy atom. The lowest BCUT2D eigenvalue weighted by atomic mass is 10.1. The van der Waals surface area contributed by atoms with E-state index < -0.39 is 0 Å². The van der Waals surface area contributed by atoms with Gasteiger partial charge >= 0.3 is 0 Å². The van der Waals surface area contributed by atoms with Crippen molar-refractivity contribution in [3.8, 4) is 0 Å². The van der Waals surface area contributed by atoms with E-state index in [1.165, 1.54) is 30.3 Å². The third-order valence-electron chi connectivity index (χ3n) is 4.05. The molecule has 1 aromatic carbocycles. The molecule has 4 heteroatoms. The van der Waals surface area contributed by atoms with Gasteiger partial charge in [-0.3, -0.25) is 9.88 Å². The third-order valence-corrected chi connectivity index (χ3v) is 4.05.